The van der Waals surface area contributed by atoms with Crippen LogP contribution in [0.5, 0.6) is 0 Å². The number of rotatable bonds is 3. The van der Waals surface area contributed by atoms with Gasteiger partial charge in [0.05, 0.1) is 12.0 Å². The topological polar surface area (TPSA) is 95.6 Å². The van der Waals surface area contributed by atoms with Gasteiger partial charge in [-0.3, -0.25) is 19.2 Å². The van der Waals surface area contributed by atoms with E-state index in [1.807, 2.05) is 24.3 Å². The number of benzene rings is 1. The van der Waals surface area contributed by atoms with Crippen molar-refractivity contribution in [1.82, 2.24) is 10.2 Å². The van der Waals surface area contributed by atoms with Crippen LogP contribution in [0.3, 0.4) is 0 Å². The highest BCUT2D eigenvalue weighted by atomic mass is 16.2. The highest BCUT2D eigenvalue weighted by molar-refractivity contribution is 6.23. The van der Waals surface area contributed by atoms with Crippen molar-refractivity contribution in [3.63, 3.8) is 0 Å². The van der Waals surface area contributed by atoms with Crippen LogP contribution < -0.4 is 10.6 Å². The largest absolute Gasteiger partial charge is 0.350 e. The number of nitrogens with zero attached hydrogens (tertiary/aromatic N) is 1. The molecule has 1 aromatic rings. The van der Waals surface area contributed by atoms with Crippen molar-refractivity contribution in [2.24, 2.45) is 11.8 Å². The molecular formula is C22H27N3O4. The molecule has 0 spiro atoms. The number of amides is 3. The number of Topliss-reactive ketones (excluding diaryl/α,β-unsaturated/α-hetero) is 1. The monoisotopic (exact) mass is 397 g/mol. The number of ketones is 1. The summed E-state index contributed by atoms with van der Waals surface area (Å²) in [6, 6.07) is 7.31. The van der Waals surface area contributed by atoms with Crippen LogP contribution >= 0.6 is 0 Å². The third-order valence-corrected chi connectivity index (χ3v) is 6.52. The average molecular weight is 397 g/mol. The van der Waals surface area contributed by atoms with E-state index in [-0.39, 0.29) is 12.5 Å². The number of piperidine rings is 1. The second-order valence-electron chi connectivity index (χ2n) is 8.43. The van der Waals surface area contributed by atoms with Crippen LogP contribution in [0.4, 0.5) is 5.69 Å². The van der Waals surface area contributed by atoms with E-state index >= 15 is 0 Å². The van der Waals surface area contributed by atoms with Gasteiger partial charge in [-0.2, -0.15) is 0 Å². The molecule has 0 bridgehead atoms. The molecule has 1 aliphatic carbocycles. The molecule has 7 heteroatoms. The maximum atomic E-state index is 12.8. The molecule has 3 amide bonds. The average Bonchev–Trinajstić information content (AvgIpc) is 3.14. The summed E-state index contributed by atoms with van der Waals surface area (Å²) in [6.07, 6.45) is 6.20. The van der Waals surface area contributed by atoms with Gasteiger partial charge in [0.2, 0.25) is 17.7 Å². The van der Waals surface area contributed by atoms with Gasteiger partial charge in [0.15, 0.2) is 11.7 Å². The highest BCUT2D eigenvalue weighted by Gasteiger charge is 2.50. The Bertz CT molecular complexity index is 829. The van der Waals surface area contributed by atoms with E-state index in [0.717, 1.165) is 0 Å². The SMILES string of the molecule is CC(=O)N1C[C@@H]2NC(=O)C(C(=O)Nc3ccc(C4CCCCC4)cc3)C(=O)[C@H]2C1. The van der Waals surface area contributed by atoms with Crippen molar-refractivity contribution in [2.75, 3.05) is 18.4 Å². The van der Waals surface area contributed by atoms with Crippen LogP contribution in [-0.4, -0.2) is 47.5 Å². The molecule has 3 fully saturated rings. The van der Waals surface area contributed by atoms with Gasteiger partial charge in [0.1, 0.15) is 0 Å². The zero-order chi connectivity index (χ0) is 20.5. The maximum Gasteiger partial charge on any atom is 0.244 e. The van der Waals surface area contributed by atoms with Crippen LogP contribution in [0.1, 0.15) is 50.5 Å². The smallest absolute Gasteiger partial charge is 0.244 e. The summed E-state index contributed by atoms with van der Waals surface area (Å²) in [6.45, 7) is 2.00. The lowest BCUT2D eigenvalue weighted by Crippen LogP contribution is -2.57. The minimum absolute atomic E-state index is 0.138. The van der Waals surface area contributed by atoms with Gasteiger partial charge >= 0.3 is 0 Å². The fourth-order valence-corrected chi connectivity index (χ4v) is 4.84. The van der Waals surface area contributed by atoms with Gasteiger partial charge in [-0.1, -0.05) is 31.4 Å². The summed E-state index contributed by atoms with van der Waals surface area (Å²) in [5.74, 6) is -3.07. The van der Waals surface area contributed by atoms with Gasteiger partial charge in [0.25, 0.3) is 0 Å². The molecule has 2 saturated heterocycles. The van der Waals surface area contributed by atoms with E-state index < -0.39 is 35.5 Å². The summed E-state index contributed by atoms with van der Waals surface area (Å²) in [7, 11) is 0. The molecule has 3 aliphatic rings. The molecule has 1 unspecified atom stereocenters. The molecule has 154 valence electrons. The third-order valence-electron chi connectivity index (χ3n) is 6.52. The molecule has 1 saturated carbocycles. The van der Waals surface area contributed by atoms with Crippen LogP contribution in [0.25, 0.3) is 0 Å². The van der Waals surface area contributed by atoms with Gasteiger partial charge in [-0.05, 0) is 36.5 Å². The summed E-state index contributed by atoms with van der Waals surface area (Å²) in [5.41, 5.74) is 1.85. The van der Waals surface area contributed by atoms with E-state index in [4.69, 9.17) is 0 Å². The summed E-state index contributed by atoms with van der Waals surface area (Å²) in [4.78, 5) is 51.1. The first-order valence-electron chi connectivity index (χ1n) is 10.4. The van der Waals surface area contributed by atoms with E-state index in [0.29, 0.717) is 18.2 Å². The quantitative estimate of drug-likeness (QED) is 0.761. The highest BCUT2D eigenvalue weighted by Crippen LogP contribution is 2.33. The Morgan fingerprint density at radius 2 is 1.72 bits per heavy atom. The molecule has 29 heavy (non-hydrogen) atoms. The molecular weight excluding hydrogens is 370 g/mol. The lowest BCUT2D eigenvalue weighted by atomic mass is 9.83. The lowest BCUT2D eigenvalue weighted by molar-refractivity contribution is -0.145. The van der Waals surface area contributed by atoms with E-state index in [9.17, 15) is 19.2 Å². The van der Waals surface area contributed by atoms with Crippen molar-refractivity contribution in [1.29, 1.82) is 0 Å². The zero-order valence-electron chi connectivity index (χ0n) is 16.6. The normalized spacial score (nSPS) is 27.3. The molecule has 1 aromatic carbocycles. The number of carbonyl (C=O) groups excluding carboxylic acids is 4. The van der Waals surface area contributed by atoms with E-state index in [2.05, 4.69) is 10.6 Å². The minimum atomic E-state index is -1.37. The molecule has 3 atom stereocenters. The van der Waals surface area contributed by atoms with E-state index in [1.54, 1.807) is 0 Å². The van der Waals surface area contributed by atoms with Crippen molar-refractivity contribution in [2.45, 2.75) is 51.0 Å². The number of carbonyl (C=O) groups is 4. The summed E-state index contributed by atoms with van der Waals surface area (Å²) < 4.78 is 0. The predicted octanol–water partition coefficient (Wildman–Crippen LogP) is 1.83. The fourth-order valence-electron chi connectivity index (χ4n) is 4.84. The standard InChI is InChI=1S/C22H27N3O4/c1-13(26)25-11-17-18(12-25)24-22(29)19(20(17)27)21(28)23-16-9-7-15(8-10-16)14-5-3-2-4-6-14/h7-10,14,17-19H,2-6,11-12H2,1H3,(H,23,28)(H,24,29)/t17-,18-,19?/m0/s1. The lowest BCUT2D eigenvalue weighted by Gasteiger charge is -2.29. The van der Waals surface area contributed by atoms with Gasteiger partial charge < -0.3 is 15.5 Å². The van der Waals surface area contributed by atoms with Crippen LogP contribution in [0, 0.1) is 11.8 Å². The Balaban J connectivity index is 1.42. The van der Waals surface area contributed by atoms with Crippen molar-refractivity contribution in [3.8, 4) is 0 Å². The molecule has 2 heterocycles. The van der Waals surface area contributed by atoms with Crippen LogP contribution in [0.15, 0.2) is 24.3 Å². The predicted molar refractivity (Wildman–Crippen MR) is 107 cm³/mol. The Labute approximate surface area is 170 Å². The first kappa shape index (κ1) is 19.6. The van der Waals surface area contributed by atoms with Gasteiger partial charge in [0, 0.05) is 25.7 Å². The number of fused-ring (bicyclic) bond motifs is 1. The van der Waals surface area contributed by atoms with Gasteiger partial charge in [-0.15, -0.1) is 0 Å². The Morgan fingerprint density at radius 1 is 1.03 bits per heavy atom. The van der Waals surface area contributed by atoms with Crippen molar-refractivity contribution in [3.05, 3.63) is 29.8 Å². The van der Waals surface area contributed by atoms with Crippen LogP contribution in [0.2, 0.25) is 0 Å². The molecule has 2 aliphatic heterocycles. The first-order chi connectivity index (χ1) is 13.9. The Kier molecular flexibility index (Phi) is 5.39. The summed E-state index contributed by atoms with van der Waals surface area (Å²) >= 11 is 0. The van der Waals surface area contributed by atoms with Crippen LogP contribution in [-0.2, 0) is 19.2 Å². The second-order valence-corrected chi connectivity index (χ2v) is 8.43. The van der Waals surface area contributed by atoms with Gasteiger partial charge in [-0.25, -0.2) is 0 Å². The third kappa shape index (κ3) is 3.91. The first-order valence-corrected chi connectivity index (χ1v) is 10.4. The number of likely N-dealkylation sites (tertiary alicyclic amines) is 1. The number of nitrogens with one attached hydrogen (secondary N) is 2. The number of hydrogen-bond acceptors (Lipinski definition) is 4. The summed E-state index contributed by atoms with van der Waals surface area (Å²) in [5, 5.41) is 5.46. The second kappa shape index (κ2) is 7.97. The van der Waals surface area contributed by atoms with Crippen molar-refractivity contribution >= 4 is 29.2 Å². The number of anilines is 1. The fraction of sp³-hybridized carbons (Fsp3) is 0.545. The maximum absolute atomic E-state index is 12.8. The molecule has 0 radical (unpaired) electrons. The Hall–Kier alpha value is -2.70. The zero-order valence-corrected chi connectivity index (χ0v) is 16.6. The minimum Gasteiger partial charge on any atom is -0.350 e. The number of hydrogen-bond donors (Lipinski definition) is 2. The molecule has 2 N–H and O–H groups in total. The Morgan fingerprint density at radius 3 is 2.38 bits per heavy atom. The van der Waals surface area contributed by atoms with E-state index in [1.165, 1.54) is 49.5 Å². The van der Waals surface area contributed by atoms with Crippen molar-refractivity contribution < 1.29 is 19.2 Å². The molecule has 7 nitrogen and oxygen atoms in total. The molecule has 4 rings (SSSR count). The molecule has 0 aromatic heterocycles.